The number of anilines is 1. The lowest BCUT2D eigenvalue weighted by atomic mass is 9.90. The maximum Gasteiger partial charge on any atom is 0.147 e. The first-order chi connectivity index (χ1) is 7.48. The first kappa shape index (κ1) is 12.5. The Morgan fingerprint density at radius 3 is 2.62 bits per heavy atom. The van der Waals surface area contributed by atoms with E-state index >= 15 is 0 Å². The van der Waals surface area contributed by atoms with E-state index in [9.17, 15) is 4.39 Å². The Bertz CT molecular complexity index is 405. The second-order valence-corrected chi connectivity index (χ2v) is 4.68. The van der Waals surface area contributed by atoms with Gasteiger partial charge in [0.2, 0.25) is 0 Å². The Morgan fingerprint density at radius 1 is 1.44 bits per heavy atom. The van der Waals surface area contributed by atoms with E-state index in [0.717, 1.165) is 6.42 Å². The van der Waals surface area contributed by atoms with Crippen LogP contribution in [0.25, 0.3) is 0 Å². The van der Waals surface area contributed by atoms with Gasteiger partial charge < -0.3 is 5.32 Å². The molecule has 0 amide bonds. The normalized spacial score (nSPS) is 10.9. The standard InChI is InChI=1S/C13H17FN2/c1-4-13(2,3)9-16-12-6-5-10(8-15)7-11(12)14/h5-7,16H,4,9H2,1-3H3. The molecule has 86 valence electrons. The number of rotatable bonds is 4. The van der Waals surface area contributed by atoms with Crippen LogP contribution in [0.3, 0.4) is 0 Å². The van der Waals surface area contributed by atoms with E-state index in [2.05, 4.69) is 26.1 Å². The molecule has 1 aromatic rings. The van der Waals surface area contributed by atoms with Gasteiger partial charge in [0, 0.05) is 6.54 Å². The van der Waals surface area contributed by atoms with Crippen LogP contribution in [0.1, 0.15) is 32.8 Å². The van der Waals surface area contributed by atoms with Crippen molar-refractivity contribution >= 4 is 5.69 Å². The first-order valence-electron chi connectivity index (χ1n) is 5.42. The van der Waals surface area contributed by atoms with Crippen molar-refractivity contribution in [1.29, 1.82) is 5.26 Å². The molecular weight excluding hydrogens is 203 g/mol. The highest BCUT2D eigenvalue weighted by molar-refractivity contribution is 5.48. The average molecular weight is 220 g/mol. The minimum atomic E-state index is -0.369. The second-order valence-electron chi connectivity index (χ2n) is 4.68. The molecule has 0 saturated carbocycles. The number of hydrogen-bond acceptors (Lipinski definition) is 2. The number of halogens is 1. The SMILES string of the molecule is CCC(C)(C)CNc1ccc(C#N)cc1F. The fourth-order valence-electron chi connectivity index (χ4n) is 1.19. The zero-order chi connectivity index (χ0) is 12.2. The third-order valence-electron chi connectivity index (χ3n) is 2.81. The lowest BCUT2D eigenvalue weighted by Crippen LogP contribution is -2.22. The van der Waals surface area contributed by atoms with Gasteiger partial charge in [0.25, 0.3) is 0 Å². The maximum atomic E-state index is 13.5. The topological polar surface area (TPSA) is 35.8 Å². The van der Waals surface area contributed by atoms with Gasteiger partial charge >= 0.3 is 0 Å². The van der Waals surface area contributed by atoms with Crippen LogP contribution in [0, 0.1) is 22.6 Å². The number of nitrogens with zero attached hydrogens (tertiary/aromatic N) is 1. The summed E-state index contributed by atoms with van der Waals surface area (Å²) in [5.74, 6) is -0.369. The fourth-order valence-corrected chi connectivity index (χ4v) is 1.19. The van der Waals surface area contributed by atoms with Crippen LogP contribution in [-0.4, -0.2) is 6.54 Å². The summed E-state index contributed by atoms with van der Waals surface area (Å²) in [6.07, 6.45) is 1.03. The lowest BCUT2D eigenvalue weighted by Gasteiger charge is -2.23. The van der Waals surface area contributed by atoms with Crippen molar-refractivity contribution < 1.29 is 4.39 Å². The molecule has 0 bridgehead atoms. The Kier molecular flexibility index (Phi) is 3.89. The summed E-state index contributed by atoms with van der Waals surface area (Å²) < 4.78 is 13.5. The minimum Gasteiger partial charge on any atom is -0.382 e. The molecule has 0 radical (unpaired) electrons. The highest BCUT2D eigenvalue weighted by Crippen LogP contribution is 2.22. The second kappa shape index (κ2) is 4.98. The van der Waals surface area contributed by atoms with Crippen LogP contribution in [0.4, 0.5) is 10.1 Å². The van der Waals surface area contributed by atoms with Crippen molar-refractivity contribution in [2.45, 2.75) is 27.2 Å². The highest BCUT2D eigenvalue weighted by Gasteiger charge is 2.15. The molecule has 0 unspecified atom stereocenters. The van der Waals surface area contributed by atoms with Crippen molar-refractivity contribution in [2.75, 3.05) is 11.9 Å². The van der Waals surface area contributed by atoms with Crippen LogP contribution in [0.5, 0.6) is 0 Å². The Hall–Kier alpha value is -1.56. The van der Waals surface area contributed by atoms with Crippen LogP contribution in [0.15, 0.2) is 18.2 Å². The van der Waals surface area contributed by atoms with Gasteiger partial charge in [-0.3, -0.25) is 0 Å². The smallest absolute Gasteiger partial charge is 0.147 e. The molecule has 3 heteroatoms. The summed E-state index contributed by atoms with van der Waals surface area (Å²) in [6.45, 7) is 7.08. The van der Waals surface area contributed by atoms with Gasteiger partial charge in [-0.05, 0) is 30.0 Å². The summed E-state index contributed by atoms with van der Waals surface area (Å²) in [6, 6.07) is 6.39. The maximum absolute atomic E-state index is 13.5. The van der Waals surface area contributed by atoms with E-state index in [0.29, 0.717) is 17.8 Å². The minimum absolute atomic E-state index is 0.139. The van der Waals surface area contributed by atoms with Gasteiger partial charge in [-0.2, -0.15) is 5.26 Å². The number of nitrogens with one attached hydrogen (secondary N) is 1. The van der Waals surface area contributed by atoms with Crippen molar-refractivity contribution in [3.8, 4) is 6.07 Å². The zero-order valence-corrected chi connectivity index (χ0v) is 9.97. The molecule has 16 heavy (non-hydrogen) atoms. The van der Waals surface area contributed by atoms with Gasteiger partial charge in [0.1, 0.15) is 5.82 Å². The quantitative estimate of drug-likeness (QED) is 0.842. The van der Waals surface area contributed by atoms with Gasteiger partial charge in [-0.25, -0.2) is 4.39 Å². The molecule has 0 saturated heterocycles. The van der Waals surface area contributed by atoms with E-state index in [1.807, 2.05) is 6.07 Å². The molecule has 1 N–H and O–H groups in total. The van der Waals surface area contributed by atoms with Crippen LogP contribution in [0.2, 0.25) is 0 Å². The van der Waals surface area contributed by atoms with Gasteiger partial charge in [-0.1, -0.05) is 20.8 Å². The lowest BCUT2D eigenvalue weighted by molar-refractivity contribution is 0.376. The molecule has 0 spiro atoms. The number of hydrogen-bond donors (Lipinski definition) is 1. The predicted octanol–water partition coefficient (Wildman–Crippen LogP) is 3.55. The van der Waals surface area contributed by atoms with Crippen molar-refractivity contribution in [1.82, 2.24) is 0 Å². The number of nitriles is 1. The predicted molar refractivity (Wildman–Crippen MR) is 63.7 cm³/mol. The van der Waals surface area contributed by atoms with Gasteiger partial charge in [-0.15, -0.1) is 0 Å². The molecule has 1 aromatic carbocycles. The third-order valence-corrected chi connectivity index (χ3v) is 2.81. The fraction of sp³-hybridized carbons (Fsp3) is 0.462. The summed E-state index contributed by atoms with van der Waals surface area (Å²) in [4.78, 5) is 0. The Balaban J connectivity index is 2.73. The highest BCUT2D eigenvalue weighted by atomic mass is 19.1. The van der Waals surface area contributed by atoms with Crippen molar-refractivity contribution in [2.24, 2.45) is 5.41 Å². The largest absolute Gasteiger partial charge is 0.382 e. The molecule has 1 rings (SSSR count). The van der Waals surface area contributed by atoms with Crippen molar-refractivity contribution in [3.05, 3.63) is 29.6 Å². The zero-order valence-electron chi connectivity index (χ0n) is 9.97. The molecule has 0 heterocycles. The van der Waals surface area contributed by atoms with E-state index in [-0.39, 0.29) is 11.2 Å². The van der Waals surface area contributed by atoms with E-state index in [1.54, 1.807) is 12.1 Å². The van der Waals surface area contributed by atoms with E-state index in [4.69, 9.17) is 5.26 Å². The van der Waals surface area contributed by atoms with Crippen molar-refractivity contribution in [3.63, 3.8) is 0 Å². The molecule has 0 aliphatic carbocycles. The monoisotopic (exact) mass is 220 g/mol. The molecule has 0 aliphatic rings. The average Bonchev–Trinajstić information content (AvgIpc) is 2.27. The molecule has 2 nitrogen and oxygen atoms in total. The summed E-state index contributed by atoms with van der Waals surface area (Å²) >= 11 is 0. The molecular formula is C13H17FN2. The summed E-state index contributed by atoms with van der Waals surface area (Å²) in [5.41, 5.74) is 0.943. The first-order valence-corrected chi connectivity index (χ1v) is 5.42. The molecule has 0 aliphatic heterocycles. The molecule has 0 aromatic heterocycles. The van der Waals surface area contributed by atoms with Crippen LogP contribution in [-0.2, 0) is 0 Å². The Morgan fingerprint density at radius 2 is 2.12 bits per heavy atom. The van der Waals surface area contributed by atoms with E-state index in [1.165, 1.54) is 6.07 Å². The van der Waals surface area contributed by atoms with Crippen LogP contribution >= 0.6 is 0 Å². The van der Waals surface area contributed by atoms with E-state index < -0.39 is 0 Å². The van der Waals surface area contributed by atoms with Gasteiger partial charge in [0.05, 0.1) is 17.3 Å². The summed E-state index contributed by atoms with van der Waals surface area (Å²) in [5, 5.41) is 11.7. The number of benzene rings is 1. The Labute approximate surface area is 96.1 Å². The third kappa shape index (κ3) is 3.23. The molecule has 0 fully saturated rings. The molecule has 0 atom stereocenters. The van der Waals surface area contributed by atoms with Crippen LogP contribution < -0.4 is 5.32 Å². The summed E-state index contributed by atoms with van der Waals surface area (Å²) in [7, 11) is 0. The van der Waals surface area contributed by atoms with Gasteiger partial charge in [0.15, 0.2) is 0 Å².